The lowest BCUT2D eigenvalue weighted by Crippen LogP contribution is -2.24. The Hall–Kier alpha value is -4.38. The fraction of sp³-hybridized carbons (Fsp3) is 0.103. The van der Waals surface area contributed by atoms with Crippen LogP contribution in [0.3, 0.4) is 0 Å². The van der Waals surface area contributed by atoms with E-state index in [1.165, 1.54) is 0 Å². The number of phenolic OH excluding ortho intramolecular Hbond substituents is 1. The lowest BCUT2D eigenvalue weighted by Gasteiger charge is -2.38. The van der Waals surface area contributed by atoms with Crippen LogP contribution in [0.5, 0.6) is 5.75 Å². The maximum absolute atomic E-state index is 10.4. The fourth-order valence-corrected chi connectivity index (χ4v) is 4.74. The molecule has 0 atom stereocenters. The number of rotatable bonds is 2. The van der Waals surface area contributed by atoms with E-state index in [9.17, 15) is 5.11 Å². The Kier molecular flexibility index (Phi) is 4.52. The Morgan fingerprint density at radius 2 is 1.56 bits per heavy atom. The van der Waals surface area contributed by atoms with Gasteiger partial charge in [-0.15, -0.1) is 0 Å². The standard InChI is InChI=1S/C29H24N4O/c1-18-14-15-30-28(16-18)33-25-7-5-4-6-23(25)32(3)24-12-9-20(17-26(24)33)22-11-10-21-19(2)8-13-27(34)29(21)31-22/h4-17,34H,1-3H3. The molecule has 34 heavy (non-hydrogen) atoms. The largest absolute Gasteiger partial charge is 0.506 e. The van der Waals surface area contributed by atoms with Crippen molar-refractivity contribution in [3.8, 4) is 17.0 Å². The molecule has 5 nitrogen and oxygen atoms in total. The topological polar surface area (TPSA) is 52.5 Å². The second-order valence-electron chi connectivity index (χ2n) is 8.77. The molecule has 3 heterocycles. The van der Waals surface area contributed by atoms with Gasteiger partial charge in [0, 0.05) is 24.2 Å². The molecule has 5 aromatic rings. The number of nitrogens with zero attached hydrogens (tertiary/aromatic N) is 4. The minimum atomic E-state index is 0.194. The van der Waals surface area contributed by atoms with Gasteiger partial charge in [-0.05, 0) is 73.5 Å². The van der Waals surface area contributed by atoms with Gasteiger partial charge >= 0.3 is 0 Å². The van der Waals surface area contributed by atoms with Gasteiger partial charge in [-0.2, -0.15) is 0 Å². The number of anilines is 5. The smallest absolute Gasteiger partial charge is 0.141 e. The number of aryl methyl sites for hydroxylation is 2. The highest BCUT2D eigenvalue weighted by Crippen LogP contribution is 2.51. The number of aromatic nitrogens is 2. The molecule has 0 radical (unpaired) electrons. The summed E-state index contributed by atoms with van der Waals surface area (Å²) in [5.41, 5.74) is 8.98. The number of fused-ring (bicyclic) bond motifs is 3. The van der Waals surface area contributed by atoms with Crippen LogP contribution in [0.15, 0.2) is 85.1 Å². The fourth-order valence-electron chi connectivity index (χ4n) is 4.74. The average Bonchev–Trinajstić information content (AvgIpc) is 2.86. The van der Waals surface area contributed by atoms with Gasteiger partial charge in [-0.25, -0.2) is 9.97 Å². The number of hydrogen-bond acceptors (Lipinski definition) is 5. The zero-order valence-electron chi connectivity index (χ0n) is 19.3. The first-order chi connectivity index (χ1) is 16.5. The van der Waals surface area contributed by atoms with Crippen LogP contribution in [-0.2, 0) is 0 Å². The summed E-state index contributed by atoms with van der Waals surface area (Å²) in [7, 11) is 2.09. The van der Waals surface area contributed by atoms with Crippen molar-refractivity contribution in [1.82, 2.24) is 9.97 Å². The molecule has 1 aliphatic heterocycles. The molecule has 3 aromatic carbocycles. The molecule has 0 bridgehead atoms. The molecule has 1 N–H and O–H groups in total. The average molecular weight is 445 g/mol. The lowest BCUT2D eigenvalue weighted by molar-refractivity contribution is 0.480. The summed E-state index contributed by atoms with van der Waals surface area (Å²) in [6, 6.07) is 26.5. The van der Waals surface area contributed by atoms with Crippen molar-refractivity contribution < 1.29 is 5.11 Å². The molecular formula is C29H24N4O. The normalized spacial score (nSPS) is 12.6. The quantitative estimate of drug-likeness (QED) is 0.313. The Balaban J connectivity index is 1.57. The number of benzene rings is 3. The second kappa shape index (κ2) is 7.59. The predicted molar refractivity (Wildman–Crippen MR) is 139 cm³/mol. The van der Waals surface area contributed by atoms with Crippen LogP contribution in [0.2, 0.25) is 0 Å². The zero-order chi connectivity index (χ0) is 23.4. The van der Waals surface area contributed by atoms with Crippen molar-refractivity contribution in [2.45, 2.75) is 13.8 Å². The third-order valence-electron chi connectivity index (χ3n) is 6.54. The minimum absolute atomic E-state index is 0.194. The molecule has 0 amide bonds. The van der Waals surface area contributed by atoms with Crippen LogP contribution >= 0.6 is 0 Å². The first-order valence-corrected chi connectivity index (χ1v) is 11.3. The van der Waals surface area contributed by atoms with E-state index >= 15 is 0 Å². The number of hydrogen-bond donors (Lipinski definition) is 1. The van der Waals surface area contributed by atoms with Crippen LogP contribution in [0.25, 0.3) is 22.2 Å². The SMILES string of the molecule is Cc1ccnc(N2c3ccccc3N(C)c3ccc(-c4ccc5c(C)ccc(O)c5n4)cc32)c1. The molecule has 1 aliphatic rings. The van der Waals surface area contributed by atoms with Gasteiger partial charge in [-0.1, -0.05) is 30.3 Å². The Morgan fingerprint density at radius 3 is 2.38 bits per heavy atom. The number of pyridine rings is 2. The van der Waals surface area contributed by atoms with Gasteiger partial charge in [0.05, 0.1) is 28.4 Å². The molecule has 0 aliphatic carbocycles. The van der Waals surface area contributed by atoms with E-state index in [2.05, 4.69) is 72.3 Å². The Bertz CT molecular complexity index is 1580. The summed E-state index contributed by atoms with van der Waals surface area (Å²) < 4.78 is 0. The summed E-state index contributed by atoms with van der Waals surface area (Å²) in [4.78, 5) is 14.0. The van der Waals surface area contributed by atoms with Gasteiger partial charge in [-0.3, -0.25) is 4.90 Å². The summed E-state index contributed by atoms with van der Waals surface area (Å²) in [6.45, 7) is 4.11. The van der Waals surface area contributed by atoms with E-state index < -0.39 is 0 Å². The van der Waals surface area contributed by atoms with Gasteiger partial charge < -0.3 is 10.0 Å². The third-order valence-corrected chi connectivity index (χ3v) is 6.54. The molecule has 5 heteroatoms. The number of phenols is 1. The number of para-hydroxylation sites is 2. The second-order valence-corrected chi connectivity index (χ2v) is 8.77. The van der Waals surface area contributed by atoms with Crippen molar-refractivity contribution in [1.29, 1.82) is 0 Å². The van der Waals surface area contributed by atoms with Crippen molar-refractivity contribution in [3.05, 3.63) is 96.2 Å². The monoisotopic (exact) mass is 444 g/mol. The molecule has 2 aromatic heterocycles. The number of aromatic hydroxyl groups is 1. The summed E-state index contributed by atoms with van der Waals surface area (Å²) in [5.74, 6) is 1.07. The molecule has 0 saturated carbocycles. The highest BCUT2D eigenvalue weighted by atomic mass is 16.3. The van der Waals surface area contributed by atoms with E-state index in [4.69, 9.17) is 9.97 Å². The first-order valence-electron chi connectivity index (χ1n) is 11.3. The third kappa shape index (κ3) is 3.09. The molecule has 6 rings (SSSR count). The lowest BCUT2D eigenvalue weighted by atomic mass is 10.0. The van der Waals surface area contributed by atoms with E-state index in [0.29, 0.717) is 5.52 Å². The molecule has 166 valence electrons. The highest BCUT2D eigenvalue weighted by molar-refractivity contribution is 5.98. The maximum Gasteiger partial charge on any atom is 0.141 e. The molecular weight excluding hydrogens is 420 g/mol. The molecule has 0 saturated heterocycles. The molecule has 0 unspecified atom stereocenters. The van der Waals surface area contributed by atoms with E-state index in [-0.39, 0.29) is 5.75 Å². The van der Waals surface area contributed by atoms with Crippen molar-refractivity contribution >= 4 is 39.5 Å². The molecule has 0 spiro atoms. The van der Waals surface area contributed by atoms with E-state index in [1.54, 1.807) is 6.07 Å². The van der Waals surface area contributed by atoms with E-state index in [1.807, 2.05) is 37.4 Å². The summed E-state index contributed by atoms with van der Waals surface area (Å²) >= 11 is 0. The molecule has 0 fully saturated rings. The van der Waals surface area contributed by atoms with Crippen LogP contribution in [0.1, 0.15) is 11.1 Å². The highest BCUT2D eigenvalue weighted by Gasteiger charge is 2.28. The maximum atomic E-state index is 10.4. The minimum Gasteiger partial charge on any atom is -0.506 e. The van der Waals surface area contributed by atoms with Gasteiger partial charge in [0.2, 0.25) is 0 Å². The van der Waals surface area contributed by atoms with Crippen LogP contribution in [0, 0.1) is 13.8 Å². The van der Waals surface area contributed by atoms with E-state index in [0.717, 1.165) is 56.3 Å². The predicted octanol–water partition coefficient (Wildman–Crippen LogP) is 7.17. The van der Waals surface area contributed by atoms with Crippen LogP contribution < -0.4 is 9.80 Å². The summed E-state index contributed by atoms with van der Waals surface area (Å²) in [5, 5.41) is 11.4. The van der Waals surface area contributed by atoms with Gasteiger partial charge in [0.1, 0.15) is 17.1 Å². The van der Waals surface area contributed by atoms with Crippen molar-refractivity contribution in [2.75, 3.05) is 16.8 Å². The van der Waals surface area contributed by atoms with Crippen LogP contribution in [0.4, 0.5) is 28.6 Å². The zero-order valence-corrected chi connectivity index (χ0v) is 19.3. The Labute approximate surface area is 198 Å². The van der Waals surface area contributed by atoms with Gasteiger partial charge in [0.15, 0.2) is 0 Å². The van der Waals surface area contributed by atoms with Crippen molar-refractivity contribution in [3.63, 3.8) is 0 Å². The Morgan fingerprint density at radius 1 is 0.765 bits per heavy atom. The summed E-state index contributed by atoms with van der Waals surface area (Å²) in [6.07, 6.45) is 1.85. The van der Waals surface area contributed by atoms with Gasteiger partial charge in [0.25, 0.3) is 0 Å². The van der Waals surface area contributed by atoms with Crippen molar-refractivity contribution in [2.24, 2.45) is 0 Å². The first kappa shape index (κ1) is 20.2. The van der Waals surface area contributed by atoms with Crippen LogP contribution in [-0.4, -0.2) is 22.1 Å².